The number of rotatable bonds is 7. The van der Waals surface area contributed by atoms with Gasteiger partial charge in [-0.25, -0.2) is 4.79 Å². The van der Waals surface area contributed by atoms with E-state index in [-0.39, 0.29) is 17.8 Å². The maximum absolute atomic E-state index is 12.1. The van der Waals surface area contributed by atoms with E-state index in [4.69, 9.17) is 9.47 Å². The van der Waals surface area contributed by atoms with Crippen molar-refractivity contribution in [2.24, 2.45) is 10.9 Å². The quantitative estimate of drug-likeness (QED) is 0.559. The van der Waals surface area contributed by atoms with Crippen molar-refractivity contribution in [1.29, 1.82) is 0 Å². The van der Waals surface area contributed by atoms with Crippen LogP contribution >= 0.6 is 11.3 Å². The smallest absolute Gasteiger partial charge is 0.337 e. The minimum absolute atomic E-state index is 0.139. The van der Waals surface area contributed by atoms with E-state index in [2.05, 4.69) is 4.99 Å². The molecule has 0 unspecified atom stereocenters. The van der Waals surface area contributed by atoms with Crippen LogP contribution in [0, 0.1) is 5.92 Å². The zero-order chi connectivity index (χ0) is 18.4. The Morgan fingerprint density at radius 3 is 2.72 bits per heavy atom. The maximum Gasteiger partial charge on any atom is 0.337 e. The van der Waals surface area contributed by atoms with E-state index < -0.39 is 0 Å². The molecule has 25 heavy (non-hydrogen) atoms. The molecule has 0 saturated heterocycles. The van der Waals surface area contributed by atoms with Crippen LogP contribution in [0.4, 0.5) is 0 Å². The first-order chi connectivity index (χ1) is 12.0. The second-order valence-corrected chi connectivity index (χ2v) is 7.02. The Kier molecular flexibility index (Phi) is 6.90. The summed E-state index contributed by atoms with van der Waals surface area (Å²) in [5.74, 6) is -0.265. The number of carbonyl (C=O) groups excluding carboxylic acids is 2. The van der Waals surface area contributed by atoms with Crippen molar-refractivity contribution < 1.29 is 19.1 Å². The Balaban J connectivity index is 2.49. The van der Waals surface area contributed by atoms with Crippen LogP contribution in [0.2, 0.25) is 0 Å². The van der Waals surface area contributed by atoms with Gasteiger partial charge in [-0.05, 0) is 31.0 Å². The summed E-state index contributed by atoms with van der Waals surface area (Å²) in [6, 6.07) is 5.35. The lowest BCUT2D eigenvalue weighted by Crippen LogP contribution is -2.20. The van der Waals surface area contributed by atoms with Crippen molar-refractivity contribution in [1.82, 2.24) is 4.57 Å². The lowest BCUT2D eigenvalue weighted by atomic mass is 10.1. The van der Waals surface area contributed by atoms with E-state index in [9.17, 15) is 9.59 Å². The highest BCUT2D eigenvalue weighted by molar-refractivity contribution is 7.16. The molecule has 7 heteroatoms. The summed E-state index contributed by atoms with van der Waals surface area (Å²) in [5, 5.41) is 0. The number of thiazole rings is 1. The van der Waals surface area contributed by atoms with Gasteiger partial charge < -0.3 is 14.0 Å². The van der Waals surface area contributed by atoms with E-state index in [1.807, 2.05) is 31.4 Å². The van der Waals surface area contributed by atoms with Crippen LogP contribution in [0.15, 0.2) is 23.2 Å². The van der Waals surface area contributed by atoms with Crippen LogP contribution in [-0.2, 0) is 20.8 Å². The molecule has 1 amide bonds. The molecule has 2 rings (SSSR count). The molecule has 0 atom stereocenters. The van der Waals surface area contributed by atoms with Gasteiger partial charge in [0.1, 0.15) is 0 Å². The van der Waals surface area contributed by atoms with E-state index in [1.54, 1.807) is 12.1 Å². The van der Waals surface area contributed by atoms with Gasteiger partial charge in [-0.1, -0.05) is 25.2 Å². The number of fused-ring (bicyclic) bond motifs is 1. The van der Waals surface area contributed by atoms with Crippen molar-refractivity contribution >= 4 is 33.4 Å². The molecule has 2 aromatic rings. The molecular formula is C18H24N2O4S. The average molecular weight is 364 g/mol. The summed E-state index contributed by atoms with van der Waals surface area (Å²) < 4.78 is 13.1. The second-order valence-electron chi connectivity index (χ2n) is 6.01. The average Bonchev–Trinajstić information content (AvgIpc) is 2.90. The number of hydrogen-bond donors (Lipinski definition) is 0. The summed E-state index contributed by atoms with van der Waals surface area (Å²) in [6.07, 6.45) is 0.410. The molecule has 1 aromatic heterocycles. The Hall–Kier alpha value is -1.99. The van der Waals surface area contributed by atoms with Crippen molar-refractivity contribution in [2.45, 2.75) is 33.7 Å². The molecule has 0 aliphatic rings. The minimum atomic E-state index is -0.384. The maximum atomic E-state index is 12.1. The number of carbonyl (C=O) groups is 2. The second kappa shape index (κ2) is 8.92. The van der Waals surface area contributed by atoms with Crippen molar-refractivity contribution in [3.05, 3.63) is 28.6 Å². The highest BCUT2D eigenvalue weighted by Crippen LogP contribution is 2.20. The molecule has 136 valence electrons. The molecule has 0 radical (unpaired) electrons. The van der Waals surface area contributed by atoms with Crippen LogP contribution < -0.4 is 4.80 Å². The topological polar surface area (TPSA) is 69.9 Å². The van der Waals surface area contributed by atoms with E-state index in [0.29, 0.717) is 36.5 Å². The molecular weight excluding hydrogens is 340 g/mol. The molecule has 0 N–H and O–H groups in total. The summed E-state index contributed by atoms with van der Waals surface area (Å²) in [4.78, 5) is 28.8. The van der Waals surface area contributed by atoms with Crippen LogP contribution in [0.25, 0.3) is 10.2 Å². The van der Waals surface area contributed by atoms with Gasteiger partial charge in [0.05, 0.1) is 29.5 Å². The van der Waals surface area contributed by atoms with Gasteiger partial charge in [-0.15, -0.1) is 0 Å². The predicted octanol–water partition coefficient (Wildman–Crippen LogP) is 3.00. The van der Waals surface area contributed by atoms with Gasteiger partial charge in [0.15, 0.2) is 4.80 Å². The standard InChI is InChI=1S/C18H24N2O4S/c1-5-24-9-8-20-14-7-6-13(17(22)23-4)11-15(14)25-18(20)19-16(21)10-12(2)3/h6-7,11-12H,5,8-10H2,1-4H3. The molecule has 0 spiro atoms. The molecule has 0 bridgehead atoms. The largest absolute Gasteiger partial charge is 0.465 e. The monoisotopic (exact) mass is 364 g/mol. The number of hydrogen-bond acceptors (Lipinski definition) is 5. The van der Waals surface area contributed by atoms with Crippen molar-refractivity contribution in [3.63, 3.8) is 0 Å². The Morgan fingerprint density at radius 1 is 1.32 bits per heavy atom. The van der Waals surface area contributed by atoms with Crippen LogP contribution in [0.3, 0.4) is 0 Å². The lowest BCUT2D eigenvalue weighted by molar-refractivity contribution is -0.118. The van der Waals surface area contributed by atoms with E-state index in [1.165, 1.54) is 18.4 Å². The molecule has 0 aliphatic carbocycles. The van der Waals surface area contributed by atoms with Gasteiger partial charge >= 0.3 is 5.97 Å². The zero-order valence-corrected chi connectivity index (χ0v) is 15.9. The third kappa shape index (κ3) is 4.99. The minimum Gasteiger partial charge on any atom is -0.465 e. The lowest BCUT2D eigenvalue weighted by Gasteiger charge is -2.06. The number of benzene rings is 1. The Labute approximate surface area is 151 Å². The third-order valence-corrected chi connectivity index (χ3v) is 4.61. The fraction of sp³-hybridized carbons (Fsp3) is 0.500. The number of aromatic nitrogens is 1. The molecule has 0 fully saturated rings. The van der Waals surface area contributed by atoms with E-state index in [0.717, 1.165) is 10.2 Å². The van der Waals surface area contributed by atoms with Gasteiger partial charge in [0.2, 0.25) is 5.91 Å². The zero-order valence-electron chi connectivity index (χ0n) is 15.1. The van der Waals surface area contributed by atoms with Gasteiger partial charge in [0.25, 0.3) is 0 Å². The highest BCUT2D eigenvalue weighted by atomic mass is 32.1. The summed E-state index contributed by atoms with van der Waals surface area (Å²) >= 11 is 1.39. The normalized spacial score (nSPS) is 12.1. The number of esters is 1. The SMILES string of the molecule is CCOCCn1c(=NC(=O)CC(C)C)sc2cc(C(=O)OC)ccc21. The van der Waals surface area contributed by atoms with Crippen LogP contribution in [-0.4, -0.2) is 36.8 Å². The molecule has 0 saturated carbocycles. The van der Waals surface area contributed by atoms with Crippen LogP contribution in [0.1, 0.15) is 37.6 Å². The molecule has 0 aliphatic heterocycles. The van der Waals surface area contributed by atoms with Crippen molar-refractivity contribution in [2.75, 3.05) is 20.3 Å². The first-order valence-corrected chi connectivity index (χ1v) is 9.15. The highest BCUT2D eigenvalue weighted by Gasteiger charge is 2.12. The third-order valence-electron chi connectivity index (χ3n) is 3.57. The predicted molar refractivity (Wildman–Crippen MR) is 97.7 cm³/mol. The summed E-state index contributed by atoms with van der Waals surface area (Å²) in [5.41, 5.74) is 1.40. The summed E-state index contributed by atoms with van der Waals surface area (Å²) in [6.45, 7) is 7.68. The van der Waals surface area contributed by atoms with Gasteiger partial charge in [-0.3, -0.25) is 4.79 Å². The van der Waals surface area contributed by atoms with Gasteiger partial charge in [-0.2, -0.15) is 4.99 Å². The van der Waals surface area contributed by atoms with Gasteiger partial charge in [0, 0.05) is 19.6 Å². The number of amides is 1. The number of ether oxygens (including phenoxy) is 2. The molecule has 6 nitrogen and oxygen atoms in total. The fourth-order valence-electron chi connectivity index (χ4n) is 2.42. The number of nitrogens with zero attached hydrogens (tertiary/aromatic N) is 2. The number of methoxy groups -OCH3 is 1. The van der Waals surface area contributed by atoms with E-state index >= 15 is 0 Å². The Morgan fingerprint density at radius 2 is 2.08 bits per heavy atom. The molecule has 1 heterocycles. The Bertz CT molecular complexity index is 820. The summed E-state index contributed by atoms with van der Waals surface area (Å²) in [7, 11) is 1.36. The fourth-order valence-corrected chi connectivity index (χ4v) is 3.53. The first kappa shape index (κ1) is 19.3. The first-order valence-electron chi connectivity index (χ1n) is 8.33. The van der Waals surface area contributed by atoms with Crippen LogP contribution in [0.5, 0.6) is 0 Å². The van der Waals surface area contributed by atoms with Crippen molar-refractivity contribution in [3.8, 4) is 0 Å². The molecule has 1 aromatic carbocycles.